The first-order chi connectivity index (χ1) is 4.22. The molecule has 0 amide bonds. The quantitative estimate of drug-likeness (QED) is 0.416. The van der Waals surface area contributed by atoms with Crippen LogP contribution in [0.15, 0.2) is 24.3 Å². The molecule has 0 unspecified atom stereocenters. The monoisotopic (exact) mass is 124 g/mol. The van der Waals surface area contributed by atoms with Crippen LogP contribution in [-0.2, 0) is 4.79 Å². The predicted molar refractivity (Wildman–Crippen MR) is 39.3 cm³/mol. The fraction of sp³-hybridized carbons (Fsp3) is 0.375. The lowest BCUT2D eigenvalue weighted by atomic mass is 10.1. The molecule has 0 aliphatic carbocycles. The highest BCUT2D eigenvalue weighted by atomic mass is 16.1. The highest BCUT2D eigenvalue weighted by Gasteiger charge is 1.96. The molecule has 1 nitrogen and oxygen atoms in total. The Hall–Kier alpha value is -0.850. The Kier molecular flexibility index (Phi) is 3.69. The predicted octanol–water partition coefficient (Wildman–Crippen LogP) is 2.10. The van der Waals surface area contributed by atoms with Gasteiger partial charge in [0.15, 0.2) is 5.78 Å². The number of carbonyl (C=O) groups excluding carboxylic acids is 1. The van der Waals surface area contributed by atoms with E-state index in [1.54, 1.807) is 19.1 Å². The molecule has 0 fully saturated rings. The van der Waals surface area contributed by atoms with Crippen LogP contribution in [0.25, 0.3) is 0 Å². The first-order valence-electron chi connectivity index (χ1n) is 3.05. The maximum absolute atomic E-state index is 10.8. The van der Waals surface area contributed by atoms with Crippen LogP contribution in [0, 0.1) is 0 Å². The average Bonchev–Trinajstić information content (AvgIpc) is 1.87. The lowest BCUT2D eigenvalue weighted by Crippen LogP contribution is -1.94. The van der Waals surface area contributed by atoms with Gasteiger partial charge in [-0.15, -0.1) is 0 Å². The van der Waals surface area contributed by atoms with Crippen LogP contribution in [-0.4, -0.2) is 5.78 Å². The molecule has 50 valence electrons. The Morgan fingerprint density at radius 2 is 2.22 bits per heavy atom. The van der Waals surface area contributed by atoms with Crippen molar-refractivity contribution < 1.29 is 4.79 Å². The minimum absolute atomic E-state index is 0.190. The number of carbonyl (C=O) groups is 1. The number of allylic oxidation sites excluding steroid dienone is 3. The summed E-state index contributed by atoms with van der Waals surface area (Å²) in [6, 6.07) is 0. The highest BCUT2D eigenvalue weighted by molar-refractivity contribution is 5.94. The fourth-order valence-electron chi connectivity index (χ4n) is 0.549. The highest BCUT2D eigenvalue weighted by Crippen LogP contribution is 1.97. The van der Waals surface area contributed by atoms with Crippen molar-refractivity contribution in [2.24, 2.45) is 0 Å². The van der Waals surface area contributed by atoms with Crippen molar-refractivity contribution in [3.63, 3.8) is 0 Å². The third-order valence-corrected chi connectivity index (χ3v) is 1.13. The van der Waals surface area contributed by atoms with E-state index < -0.39 is 0 Å². The summed E-state index contributed by atoms with van der Waals surface area (Å²) in [4.78, 5) is 10.8. The Bertz CT molecular complexity index is 143. The van der Waals surface area contributed by atoms with Crippen LogP contribution in [0.1, 0.15) is 20.3 Å². The van der Waals surface area contributed by atoms with Crippen LogP contribution < -0.4 is 0 Å². The molecule has 0 aliphatic heterocycles. The molecule has 0 aromatic rings. The molecule has 0 heterocycles. The second-order valence-electron chi connectivity index (χ2n) is 1.86. The van der Waals surface area contributed by atoms with Crippen molar-refractivity contribution in [3.8, 4) is 0 Å². The van der Waals surface area contributed by atoms with Crippen LogP contribution in [0.3, 0.4) is 0 Å². The molecule has 0 rings (SSSR count). The van der Waals surface area contributed by atoms with Crippen LogP contribution >= 0.6 is 0 Å². The number of hydrogen-bond donors (Lipinski definition) is 0. The van der Waals surface area contributed by atoms with Gasteiger partial charge >= 0.3 is 0 Å². The largest absolute Gasteiger partial charge is 0.295 e. The van der Waals surface area contributed by atoms with E-state index in [1.807, 2.05) is 6.92 Å². The van der Waals surface area contributed by atoms with Gasteiger partial charge < -0.3 is 0 Å². The molecule has 0 bridgehead atoms. The van der Waals surface area contributed by atoms with Gasteiger partial charge in [0.25, 0.3) is 0 Å². The maximum Gasteiger partial charge on any atom is 0.158 e. The Labute approximate surface area is 56.1 Å². The Balaban J connectivity index is 4.01. The summed E-state index contributed by atoms with van der Waals surface area (Å²) in [5, 5.41) is 0. The SMILES string of the molecule is C=C/C=C(\C)C(=O)CC. The molecule has 0 aromatic carbocycles. The number of hydrogen-bond acceptors (Lipinski definition) is 1. The van der Waals surface area contributed by atoms with Gasteiger partial charge in [0.1, 0.15) is 0 Å². The fourth-order valence-corrected chi connectivity index (χ4v) is 0.549. The molecule has 0 radical (unpaired) electrons. The molecule has 0 saturated carbocycles. The van der Waals surface area contributed by atoms with Crippen molar-refractivity contribution in [1.82, 2.24) is 0 Å². The molecule has 0 N–H and O–H groups in total. The van der Waals surface area contributed by atoms with Crippen LogP contribution in [0.5, 0.6) is 0 Å². The zero-order chi connectivity index (χ0) is 7.28. The minimum atomic E-state index is 0.190. The third kappa shape index (κ3) is 2.85. The molecule has 0 spiro atoms. The van der Waals surface area contributed by atoms with E-state index in [-0.39, 0.29) is 5.78 Å². The second-order valence-corrected chi connectivity index (χ2v) is 1.86. The third-order valence-electron chi connectivity index (χ3n) is 1.13. The summed E-state index contributed by atoms with van der Waals surface area (Å²) in [7, 11) is 0. The van der Waals surface area contributed by atoms with Crippen LogP contribution in [0.2, 0.25) is 0 Å². The average molecular weight is 124 g/mol. The van der Waals surface area contributed by atoms with E-state index in [0.29, 0.717) is 6.42 Å². The molecule has 0 atom stereocenters. The first-order valence-corrected chi connectivity index (χ1v) is 3.05. The molecular formula is C8H12O. The summed E-state index contributed by atoms with van der Waals surface area (Å²) in [6.45, 7) is 7.14. The van der Waals surface area contributed by atoms with Gasteiger partial charge in [-0.25, -0.2) is 0 Å². The zero-order valence-electron chi connectivity index (χ0n) is 5.98. The first kappa shape index (κ1) is 8.15. The maximum atomic E-state index is 10.8. The summed E-state index contributed by atoms with van der Waals surface area (Å²) in [6.07, 6.45) is 3.94. The van der Waals surface area contributed by atoms with E-state index in [9.17, 15) is 4.79 Å². The minimum Gasteiger partial charge on any atom is -0.295 e. The Morgan fingerprint density at radius 3 is 2.56 bits per heavy atom. The number of ketones is 1. The second kappa shape index (κ2) is 4.07. The smallest absolute Gasteiger partial charge is 0.158 e. The molecule has 9 heavy (non-hydrogen) atoms. The van der Waals surface area contributed by atoms with Crippen molar-refractivity contribution in [2.75, 3.05) is 0 Å². The lowest BCUT2D eigenvalue weighted by molar-refractivity contribution is -0.115. The van der Waals surface area contributed by atoms with Crippen molar-refractivity contribution >= 4 is 5.78 Å². The van der Waals surface area contributed by atoms with Gasteiger partial charge in [0.2, 0.25) is 0 Å². The van der Waals surface area contributed by atoms with Gasteiger partial charge in [-0.05, 0) is 12.5 Å². The van der Waals surface area contributed by atoms with Gasteiger partial charge in [-0.2, -0.15) is 0 Å². The number of rotatable bonds is 3. The molecule has 1 heteroatoms. The van der Waals surface area contributed by atoms with Crippen LogP contribution in [0.4, 0.5) is 0 Å². The van der Waals surface area contributed by atoms with Gasteiger partial charge in [0, 0.05) is 6.42 Å². The van der Waals surface area contributed by atoms with Crippen molar-refractivity contribution in [3.05, 3.63) is 24.3 Å². The molecular weight excluding hydrogens is 112 g/mol. The molecule has 0 aliphatic rings. The van der Waals surface area contributed by atoms with Gasteiger partial charge in [-0.3, -0.25) is 4.79 Å². The topological polar surface area (TPSA) is 17.1 Å². The zero-order valence-corrected chi connectivity index (χ0v) is 5.98. The van der Waals surface area contributed by atoms with Crippen molar-refractivity contribution in [1.29, 1.82) is 0 Å². The summed E-state index contributed by atoms with van der Waals surface area (Å²) in [5.74, 6) is 0.190. The van der Waals surface area contributed by atoms with Gasteiger partial charge in [0.05, 0.1) is 0 Å². The summed E-state index contributed by atoms with van der Waals surface area (Å²) >= 11 is 0. The lowest BCUT2D eigenvalue weighted by Gasteiger charge is -1.91. The normalized spacial score (nSPS) is 11.1. The van der Waals surface area contributed by atoms with E-state index in [2.05, 4.69) is 6.58 Å². The summed E-state index contributed by atoms with van der Waals surface area (Å²) < 4.78 is 0. The Morgan fingerprint density at radius 1 is 1.67 bits per heavy atom. The van der Waals surface area contributed by atoms with Gasteiger partial charge in [-0.1, -0.05) is 25.7 Å². The standard InChI is InChI=1S/C8H12O/c1-4-6-7(3)8(9)5-2/h4,6H,1,5H2,2-3H3/b7-6+. The van der Waals surface area contributed by atoms with E-state index in [0.717, 1.165) is 5.57 Å². The van der Waals surface area contributed by atoms with Crippen molar-refractivity contribution in [2.45, 2.75) is 20.3 Å². The van der Waals surface area contributed by atoms with E-state index in [4.69, 9.17) is 0 Å². The number of Topliss-reactive ketones (excluding diaryl/α,β-unsaturated/α-hetero) is 1. The summed E-state index contributed by atoms with van der Waals surface area (Å²) in [5.41, 5.74) is 0.785. The molecule has 0 aromatic heterocycles. The van der Waals surface area contributed by atoms with E-state index in [1.165, 1.54) is 0 Å². The van der Waals surface area contributed by atoms with E-state index >= 15 is 0 Å². The molecule has 0 saturated heterocycles.